The van der Waals surface area contributed by atoms with Crippen LogP contribution in [0.25, 0.3) is 0 Å². The number of hydrogen-bond donors (Lipinski definition) is 0. The third kappa shape index (κ3) is 95.1. The first-order chi connectivity index (χ1) is 28.1. The van der Waals surface area contributed by atoms with Crippen LogP contribution in [0.15, 0.2) is 0 Å². The summed E-state index contributed by atoms with van der Waals surface area (Å²) < 4.78 is 6.69. The average molecular weight is 1370 g/mol. The van der Waals surface area contributed by atoms with E-state index in [2.05, 4.69) is 148 Å². The number of rotatable bonds is 42. The van der Waals surface area contributed by atoms with Gasteiger partial charge in [-0.15, -0.1) is 0 Å². The lowest BCUT2D eigenvalue weighted by molar-refractivity contribution is 0.539. The predicted octanol–water partition coefficient (Wildman–Crippen LogP) is 23.6. The largest absolute Gasteiger partial charge is 0.0864 e. The van der Waals surface area contributed by atoms with Crippen LogP contribution in [0.2, 0.25) is 0 Å². The molecule has 0 rings (SSSR count). The summed E-state index contributed by atoms with van der Waals surface area (Å²) in [6.45, 7) is 11.4. The highest BCUT2D eigenvalue weighted by molar-refractivity contribution is 14.1. The van der Waals surface area contributed by atoms with Crippen LogP contribution in [0.4, 0.5) is 0 Å². The normalized spacial score (nSPS) is 10.4. The van der Waals surface area contributed by atoms with Gasteiger partial charge in [0.25, 0.3) is 0 Å². The molecule has 0 heterocycles. The Morgan fingerprint density at radius 2 is 0.228 bits per heavy atom. The van der Waals surface area contributed by atoms with Gasteiger partial charge in [-0.1, -0.05) is 385 Å². The van der Waals surface area contributed by atoms with Gasteiger partial charge in [0.15, 0.2) is 0 Å². The Balaban J connectivity index is -0.000000204. The monoisotopic (exact) mass is 1370 g/mol. The number of halogens is 5. The van der Waals surface area contributed by atoms with E-state index in [1.165, 1.54) is 292 Å². The van der Waals surface area contributed by atoms with E-state index in [4.69, 9.17) is 0 Å². The molecule has 0 saturated carbocycles. The molecule has 0 spiro atoms. The molecule has 0 N–H and O–H groups in total. The summed E-state index contributed by atoms with van der Waals surface area (Å²) in [6.07, 6.45) is 60.8. The molecule has 0 amide bonds. The molecule has 0 aliphatic heterocycles. The molecule has 0 aromatic rings. The van der Waals surface area contributed by atoms with Crippen molar-refractivity contribution >= 4 is 113 Å². The molecular weight excluding hydrogens is 1260 g/mol. The Morgan fingerprint density at radius 3 is 0.333 bits per heavy atom. The molecule has 0 radical (unpaired) electrons. The summed E-state index contributed by atoms with van der Waals surface area (Å²) in [5, 5.41) is 0. The lowest BCUT2D eigenvalue weighted by Gasteiger charge is -2.02. The molecule has 0 aromatic carbocycles. The Bertz CT molecular complexity index is 505. The van der Waals surface area contributed by atoms with E-state index in [0.717, 1.165) is 0 Å². The van der Waals surface area contributed by atoms with Crippen molar-refractivity contribution in [3.63, 3.8) is 0 Å². The van der Waals surface area contributed by atoms with Crippen molar-refractivity contribution in [1.82, 2.24) is 0 Å². The number of alkyl halides is 5. The summed E-state index contributed by atoms with van der Waals surface area (Å²) in [5.41, 5.74) is 0. The van der Waals surface area contributed by atoms with Crippen molar-refractivity contribution in [2.75, 3.05) is 22.1 Å². The smallest absolute Gasteiger partial charge is 0.000473 e. The molecule has 0 aliphatic rings. The van der Waals surface area contributed by atoms with Crippen molar-refractivity contribution in [3.05, 3.63) is 0 Å². The molecular formula is C52H109I5. The quantitative estimate of drug-likeness (QED) is 0.0325. The zero-order valence-corrected chi connectivity index (χ0v) is 50.9. The minimum Gasteiger partial charge on any atom is -0.0864 e. The molecule has 5 heteroatoms. The number of hydrogen-bond acceptors (Lipinski definition) is 0. The van der Waals surface area contributed by atoms with Gasteiger partial charge in [-0.3, -0.25) is 0 Å². The zero-order valence-electron chi connectivity index (χ0n) is 40.1. The fourth-order valence-corrected chi connectivity index (χ4v) is 9.19. The third-order valence-electron chi connectivity index (χ3n) is 10.4. The fraction of sp³-hybridized carbons (Fsp3) is 1.00. The van der Waals surface area contributed by atoms with Gasteiger partial charge >= 0.3 is 0 Å². The van der Waals surface area contributed by atoms with Gasteiger partial charge in [-0.05, 0) is 54.2 Å². The van der Waals surface area contributed by atoms with Crippen LogP contribution < -0.4 is 0 Å². The summed E-state index contributed by atoms with van der Waals surface area (Å²) in [6, 6.07) is 0. The average Bonchev–Trinajstić information content (AvgIpc) is 3.23. The van der Waals surface area contributed by atoms with Crippen molar-refractivity contribution in [3.8, 4) is 0 Å². The van der Waals surface area contributed by atoms with E-state index in [1.807, 2.05) is 0 Å². The van der Waals surface area contributed by atoms with E-state index in [1.54, 1.807) is 0 Å². The van der Waals surface area contributed by atoms with Crippen LogP contribution in [0.3, 0.4) is 0 Å². The van der Waals surface area contributed by atoms with Crippen LogP contribution in [-0.4, -0.2) is 22.1 Å². The maximum absolute atomic E-state index is 2.48. The van der Waals surface area contributed by atoms with Crippen LogP contribution in [-0.2, 0) is 0 Å². The molecule has 0 fully saturated rings. The van der Waals surface area contributed by atoms with Crippen molar-refractivity contribution in [2.24, 2.45) is 0 Å². The van der Waals surface area contributed by atoms with Gasteiger partial charge in [-0.25, -0.2) is 0 Å². The second-order valence-electron chi connectivity index (χ2n) is 16.5. The van der Waals surface area contributed by atoms with Gasteiger partial charge < -0.3 is 0 Å². The van der Waals surface area contributed by atoms with Crippen LogP contribution in [0, 0.1) is 0 Å². The molecule has 57 heavy (non-hydrogen) atoms. The van der Waals surface area contributed by atoms with Crippen LogP contribution in [0.1, 0.15) is 304 Å². The topological polar surface area (TPSA) is 0 Å². The third-order valence-corrected chi connectivity index (χ3v) is 14.2. The Morgan fingerprint density at radius 1 is 0.140 bits per heavy atom. The van der Waals surface area contributed by atoms with E-state index in [9.17, 15) is 0 Å². The van der Waals surface area contributed by atoms with Crippen molar-refractivity contribution in [1.29, 1.82) is 0 Å². The second-order valence-corrected chi connectivity index (χ2v) is 21.9. The maximum Gasteiger partial charge on any atom is -0.000473 e. The van der Waals surface area contributed by atoms with E-state index in [0.29, 0.717) is 0 Å². The lowest BCUT2D eigenvalue weighted by atomic mass is 10.0. The van der Waals surface area contributed by atoms with E-state index in [-0.39, 0.29) is 0 Å². The zero-order chi connectivity index (χ0) is 43.2. The SMILES string of the molecule is CCCCCCCCCCCCCCCCI.CCCCCCCCCCCCI.CCCCCCCCCCI.CCCCCCCCI.CCCCCCI. The molecule has 352 valence electrons. The molecule has 0 unspecified atom stereocenters. The lowest BCUT2D eigenvalue weighted by Crippen LogP contribution is -1.83. The highest BCUT2D eigenvalue weighted by Crippen LogP contribution is 2.14. The highest BCUT2D eigenvalue weighted by atomic mass is 127. The Kier molecular flexibility index (Phi) is 97.8. The molecule has 0 aliphatic carbocycles. The summed E-state index contributed by atoms with van der Waals surface area (Å²) >= 11 is 12.3. The minimum atomic E-state index is 1.33. The van der Waals surface area contributed by atoms with E-state index >= 15 is 0 Å². The summed E-state index contributed by atoms with van der Waals surface area (Å²) in [4.78, 5) is 0. The van der Waals surface area contributed by atoms with E-state index < -0.39 is 0 Å². The minimum absolute atomic E-state index is 1.33. The van der Waals surface area contributed by atoms with Gasteiger partial charge in [0, 0.05) is 0 Å². The van der Waals surface area contributed by atoms with Gasteiger partial charge in [-0.2, -0.15) is 0 Å². The van der Waals surface area contributed by atoms with Gasteiger partial charge in [0.2, 0.25) is 0 Å². The number of unbranched alkanes of at least 4 members (excludes halogenated alkanes) is 37. The van der Waals surface area contributed by atoms with Gasteiger partial charge in [0.1, 0.15) is 0 Å². The molecule has 0 bridgehead atoms. The molecule has 0 saturated heterocycles. The highest BCUT2D eigenvalue weighted by Gasteiger charge is 1.94. The van der Waals surface area contributed by atoms with Crippen LogP contribution in [0.5, 0.6) is 0 Å². The summed E-state index contributed by atoms with van der Waals surface area (Å²) in [7, 11) is 0. The molecule has 0 nitrogen and oxygen atoms in total. The maximum atomic E-state index is 2.48. The molecule has 0 atom stereocenters. The second kappa shape index (κ2) is 80.0. The Hall–Kier alpha value is 3.65. The van der Waals surface area contributed by atoms with Gasteiger partial charge in [0.05, 0.1) is 0 Å². The van der Waals surface area contributed by atoms with Crippen molar-refractivity contribution in [2.45, 2.75) is 304 Å². The first-order valence-corrected chi connectivity index (χ1v) is 33.5. The van der Waals surface area contributed by atoms with Crippen LogP contribution >= 0.6 is 113 Å². The predicted molar refractivity (Wildman–Crippen MR) is 317 cm³/mol. The first-order valence-electron chi connectivity index (χ1n) is 25.9. The standard InChI is InChI=1S/C16H33I.C12H25I.C10H21I.C8H17I.C6H13I/c1-2-3-4-5-6-7-8-9-10-11-12-13-14-15-16-17;1-2-3-4-5-6-7-8-9-10-11-12-13;1-2-3-4-5-6-7-8-9-10-11;1-2-3-4-5-6-7-8-9;1-2-3-4-5-6-7/h2-16H2,1H3;2-12H2,1H3;2-10H2,1H3;2-8H2,1H3;2-6H2,1H3. The first kappa shape index (κ1) is 69.7. The molecule has 0 aromatic heterocycles. The fourth-order valence-electron chi connectivity index (χ4n) is 6.50. The Labute approximate surface area is 434 Å². The summed E-state index contributed by atoms with van der Waals surface area (Å²) in [5.74, 6) is 0. The van der Waals surface area contributed by atoms with Crippen molar-refractivity contribution < 1.29 is 0 Å².